The third kappa shape index (κ3) is 4.94. The van der Waals surface area contributed by atoms with E-state index in [1.165, 1.54) is 0 Å². The van der Waals surface area contributed by atoms with Gasteiger partial charge in [0.05, 0.1) is 6.61 Å². The van der Waals surface area contributed by atoms with Crippen molar-refractivity contribution in [2.24, 2.45) is 11.7 Å². The second kappa shape index (κ2) is 7.21. The van der Waals surface area contributed by atoms with Crippen LogP contribution in [0.1, 0.15) is 27.7 Å². The number of hydrogen-bond acceptors (Lipinski definition) is 3. The van der Waals surface area contributed by atoms with Crippen LogP contribution < -0.4 is 5.73 Å². The second-order valence-corrected chi connectivity index (χ2v) is 4.23. The minimum Gasteiger partial charge on any atom is -0.383 e. The Morgan fingerprint density at radius 2 is 1.86 bits per heavy atom. The van der Waals surface area contributed by atoms with E-state index in [0.717, 1.165) is 19.7 Å². The molecule has 3 unspecified atom stereocenters. The third-order valence-corrected chi connectivity index (χ3v) is 2.86. The van der Waals surface area contributed by atoms with Gasteiger partial charge >= 0.3 is 0 Å². The second-order valence-electron chi connectivity index (χ2n) is 4.23. The normalized spacial score (nSPS) is 18.2. The molecule has 86 valence electrons. The molecular formula is C11H26N2O. The molecule has 0 radical (unpaired) electrons. The van der Waals surface area contributed by atoms with Crippen molar-refractivity contribution in [2.75, 3.05) is 26.8 Å². The van der Waals surface area contributed by atoms with Gasteiger partial charge in [0.15, 0.2) is 0 Å². The molecule has 0 amide bonds. The summed E-state index contributed by atoms with van der Waals surface area (Å²) in [5.74, 6) is 0.536. The van der Waals surface area contributed by atoms with Crippen LogP contribution in [0.3, 0.4) is 0 Å². The van der Waals surface area contributed by atoms with Crippen molar-refractivity contribution < 1.29 is 4.74 Å². The highest BCUT2D eigenvalue weighted by Gasteiger charge is 2.16. The standard InChI is InChI=1S/C11H26N2O/c1-6-13(10(3)8-14-5)7-9(2)11(4)12/h9-11H,6-8,12H2,1-5H3. The van der Waals surface area contributed by atoms with Gasteiger partial charge in [-0.1, -0.05) is 13.8 Å². The van der Waals surface area contributed by atoms with Gasteiger partial charge in [0, 0.05) is 25.7 Å². The molecule has 3 atom stereocenters. The van der Waals surface area contributed by atoms with E-state index in [-0.39, 0.29) is 6.04 Å². The average molecular weight is 202 g/mol. The molecule has 3 nitrogen and oxygen atoms in total. The quantitative estimate of drug-likeness (QED) is 0.677. The summed E-state index contributed by atoms with van der Waals surface area (Å²) in [4.78, 5) is 2.41. The first-order valence-corrected chi connectivity index (χ1v) is 5.51. The van der Waals surface area contributed by atoms with Crippen LogP contribution in [-0.2, 0) is 4.74 Å². The Kier molecular flexibility index (Phi) is 7.15. The smallest absolute Gasteiger partial charge is 0.0615 e. The molecule has 2 N–H and O–H groups in total. The molecule has 0 saturated heterocycles. The molecule has 0 fully saturated rings. The molecule has 0 aliphatic heterocycles. The summed E-state index contributed by atoms with van der Waals surface area (Å²) < 4.78 is 5.16. The Morgan fingerprint density at radius 1 is 1.29 bits per heavy atom. The number of ether oxygens (including phenoxy) is 1. The maximum atomic E-state index is 5.86. The highest BCUT2D eigenvalue weighted by atomic mass is 16.5. The number of hydrogen-bond donors (Lipinski definition) is 1. The number of methoxy groups -OCH3 is 1. The molecule has 0 heterocycles. The van der Waals surface area contributed by atoms with Gasteiger partial charge in [0.25, 0.3) is 0 Å². The predicted molar refractivity (Wildman–Crippen MR) is 61.4 cm³/mol. The van der Waals surface area contributed by atoms with Gasteiger partial charge in [-0.05, 0) is 26.3 Å². The van der Waals surface area contributed by atoms with Crippen LogP contribution in [0, 0.1) is 5.92 Å². The Morgan fingerprint density at radius 3 is 2.21 bits per heavy atom. The van der Waals surface area contributed by atoms with Crippen LogP contribution in [0.4, 0.5) is 0 Å². The molecule has 0 aromatic heterocycles. The van der Waals surface area contributed by atoms with E-state index in [9.17, 15) is 0 Å². The fourth-order valence-electron chi connectivity index (χ4n) is 1.50. The van der Waals surface area contributed by atoms with Crippen molar-refractivity contribution in [3.8, 4) is 0 Å². The first-order valence-electron chi connectivity index (χ1n) is 5.51. The maximum Gasteiger partial charge on any atom is 0.0615 e. The molecule has 0 aromatic rings. The van der Waals surface area contributed by atoms with E-state index in [1.54, 1.807) is 7.11 Å². The van der Waals surface area contributed by atoms with E-state index < -0.39 is 0 Å². The van der Waals surface area contributed by atoms with E-state index >= 15 is 0 Å². The molecule has 0 spiro atoms. The van der Waals surface area contributed by atoms with Crippen molar-refractivity contribution in [3.63, 3.8) is 0 Å². The summed E-state index contributed by atoms with van der Waals surface area (Å²) in [5.41, 5.74) is 5.86. The van der Waals surface area contributed by atoms with E-state index in [1.807, 2.05) is 0 Å². The lowest BCUT2D eigenvalue weighted by Crippen LogP contribution is -2.42. The third-order valence-electron chi connectivity index (χ3n) is 2.86. The lowest BCUT2D eigenvalue weighted by molar-refractivity contribution is 0.0910. The van der Waals surface area contributed by atoms with Crippen LogP contribution >= 0.6 is 0 Å². The molecule has 0 saturated carbocycles. The summed E-state index contributed by atoms with van der Waals surface area (Å²) in [6, 6.07) is 0.741. The molecule has 0 aliphatic carbocycles. The Hall–Kier alpha value is -0.120. The molecular weight excluding hydrogens is 176 g/mol. The van der Waals surface area contributed by atoms with Crippen LogP contribution in [-0.4, -0.2) is 43.8 Å². The van der Waals surface area contributed by atoms with Crippen molar-refractivity contribution in [1.82, 2.24) is 4.90 Å². The van der Waals surface area contributed by atoms with Crippen molar-refractivity contribution in [2.45, 2.75) is 39.8 Å². The highest BCUT2D eigenvalue weighted by Crippen LogP contribution is 2.07. The fraction of sp³-hybridized carbons (Fsp3) is 1.00. The number of rotatable bonds is 7. The van der Waals surface area contributed by atoms with Gasteiger partial charge in [-0.25, -0.2) is 0 Å². The first kappa shape index (κ1) is 13.9. The van der Waals surface area contributed by atoms with Crippen molar-refractivity contribution in [3.05, 3.63) is 0 Å². The van der Waals surface area contributed by atoms with Gasteiger partial charge in [-0.15, -0.1) is 0 Å². The van der Waals surface area contributed by atoms with Gasteiger partial charge < -0.3 is 10.5 Å². The Balaban J connectivity index is 4.00. The first-order chi connectivity index (χ1) is 6.52. The summed E-state index contributed by atoms with van der Waals surface area (Å²) in [6.07, 6.45) is 0. The monoisotopic (exact) mass is 202 g/mol. The van der Waals surface area contributed by atoms with Crippen molar-refractivity contribution in [1.29, 1.82) is 0 Å². The Labute approximate surface area is 88.6 Å². The largest absolute Gasteiger partial charge is 0.383 e. The summed E-state index contributed by atoms with van der Waals surface area (Å²) >= 11 is 0. The van der Waals surface area contributed by atoms with Gasteiger partial charge in [-0.2, -0.15) is 0 Å². The molecule has 14 heavy (non-hydrogen) atoms. The highest BCUT2D eigenvalue weighted by molar-refractivity contribution is 4.72. The zero-order valence-electron chi connectivity index (χ0n) is 10.3. The molecule has 3 heteroatoms. The van der Waals surface area contributed by atoms with Crippen LogP contribution in [0.5, 0.6) is 0 Å². The summed E-state index contributed by atoms with van der Waals surface area (Å²) in [5, 5.41) is 0. The van der Waals surface area contributed by atoms with Crippen LogP contribution in [0.25, 0.3) is 0 Å². The fourth-order valence-corrected chi connectivity index (χ4v) is 1.50. The summed E-state index contributed by atoms with van der Waals surface area (Å²) in [6.45, 7) is 11.5. The zero-order chi connectivity index (χ0) is 11.1. The average Bonchev–Trinajstić information content (AvgIpc) is 2.13. The zero-order valence-corrected chi connectivity index (χ0v) is 10.3. The van der Waals surface area contributed by atoms with Crippen LogP contribution in [0.2, 0.25) is 0 Å². The SMILES string of the molecule is CCN(CC(C)C(C)N)C(C)COC. The van der Waals surface area contributed by atoms with Gasteiger partial charge in [-0.3, -0.25) is 4.90 Å². The maximum absolute atomic E-state index is 5.86. The van der Waals surface area contributed by atoms with Crippen LogP contribution in [0.15, 0.2) is 0 Å². The lowest BCUT2D eigenvalue weighted by atomic mass is 10.0. The Bertz CT molecular complexity index is 139. The predicted octanol–water partition coefficient (Wildman–Crippen LogP) is 1.33. The van der Waals surface area contributed by atoms with E-state index in [2.05, 4.69) is 32.6 Å². The lowest BCUT2D eigenvalue weighted by Gasteiger charge is -2.31. The van der Waals surface area contributed by atoms with Crippen molar-refractivity contribution >= 4 is 0 Å². The summed E-state index contributed by atoms with van der Waals surface area (Å²) in [7, 11) is 1.75. The van der Waals surface area contributed by atoms with E-state index in [0.29, 0.717) is 12.0 Å². The molecule has 0 aliphatic rings. The topological polar surface area (TPSA) is 38.5 Å². The molecule has 0 bridgehead atoms. The minimum absolute atomic E-state index is 0.263. The number of nitrogens with two attached hydrogens (primary N) is 1. The molecule has 0 rings (SSSR count). The van der Waals surface area contributed by atoms with Gasteiger partial charge in [0.1, 0.15) is 0 Å². The molecule has 0 aromatic carbocycles. The number of nitrogens with zero attached hydrogens (tertiary/aromatic N) is 1. The van der Waals surface area contributed by atoms with Gasteiger partial charge in [0.2, 0.25) is 0 Å². The minimum atomic E-state index is 0.263. The number of likely N-dealkylation sites (N-methyl/N-ethyl adjacent to an activating group) is 1. The van der Waals surface area contributed by atoms with E-state index in [4.69, 9.17) is 10.5 Å².